The Balaban J connectivity index is 2.17. The molecular weight excluding hydrogens is 376 g/mol. The second kappa shape index (κ2) is 6.39. The van der Waals surface area contributed by atoms with E-state index in [2.05, 4.69) is 25.9 Å². The van der Waals surface area contributed by atoms with Crippen molar-refractivity contribution in [3.8, 4) is 0 Å². The Kier molecular flexibility index (Phi) is 4.44. The molecule has 8 nitrogen and oxygen atoms in total. The molecule has 1 heterocycles. The molecule has 1 aliphatic heterocycles. The number of nitro benzene ring substituents is 1. The highest BCUT2D eigenvalue weighted by Gasteiger charge is 2.43. The first-order valence-electron chi connectivity index (χ1n) is 7.80. The predicted octanol–water partition coefficient (Wildman–Crippen LogP) is 2.60. The molecule has 0 radical (unpaired) electrons. The van der Waals surface area contributed by atoms with Gasteiger partial charge in [-0.25, -0.2) is 4.99 Å². The highest BCUT2D eigenvalue weighted by atomic mass is 79.9. The minimum Gasteiger partial charge on any atom is -0.369 e. The summed E-state index contributed by atoms with van der Waals surface area (Å²) in [4.78, 5) is 21.5. The van der Waals surface area contributed by atoms with Crippen molar-refractivity contribution < 1.29 is 4.92 Å². The average Bonchev–Trinajstić information content (AvgIpc) is 2.54. The average molecular weight is 395 g/mol. The highest BCUT2D eigenvalue weighted by molar-refractivity contribution is 9.08. The van der Waals surface area contributed by atoms with E-state index in [0.717, 1.165) is 32.1 Å². The van der Waals surface area contributed by atoms with Gasteiger partial charge in [-0.1, -0.05) is 28.4 Å². The molecule has 0 aromatic heterocycles. The van der Waals surface area contributed by atoms with Crippen molar-refractivity contribution in [1.82, 2.24) is 0 Å². The molecular formula is C15H19BrN6O2. The number of guanidine groups is 2. The summed E-state index contributed by atoms with van der Waals surface area (Å²) in [6.45, 7) is 0. The van der Waals surface area contributed by atoms with Crippen LogP contribution in [0.3, 0.4) is 0 Å². The van der Waals surface area contributed by atoms with Crippen molar-refractivity contribution >= 4 is 39.2 Å². The number of anilines is 1. The Hall–Kier alpha value is -2.16. The Bertz CT molecular complexity index is 727. The Morgan fingerprint density at radius 1 is 1.29 bits per heavy atom. The molecule has 0 atom stereocenters. The van der Waals surface area contributed by atoms with E-state index in [-0.39, 0.29) is 22.5 Å². The lowest BCUT2D eigenvalue weighted by Crippen LogP contribution is -2.58. The lowest BCUT2D eigenvalue weighted by atomic mass is 9.87. The topological polar surface area (TPSA) is 123 Å². The zero-order chi connectivity index (χ0) is 17.3. The summed E-state index contributed by atoms with van der Waals surface area (Å²) >= 11 is 3.37. The first-order chi connectivity index (χ1) is 11.5. The van der Waals surface area contributed by atoms with Gasteiger partial charge in [-0.2, -0.15) is 4.99 Å². The number of nitrogens with zero attached hydrogens (tertiary/aromatic N) is 4. The summed E-state index contributed by atoms with van der Waals surface area (Å²) < 4.78 is 0. The lowest BCUT2D eigenvalue weighted by molar-refractivity contribution is -0.385. The predicted molar refractivity (Wildman–Crippen MR) is 97.3 cm³/mol. The third-order valence-corrected chi connectivity index (χ3v) is 5.11. The summed E-state index contributed by atoms with van der Waals surface area (Å²) in [5.41, 5.74) is 12.7. The van der Waals surface area contributed by atoms with Crippen molar-refractivity contribution in [1.29, 1.82) is 0 Å². The van der Waals surface area contributed by atoms with E-state index in [1.54, 1.807) is 6.07 Å². The number of benzene rings is 1. The van der Waals surface area contributed by atoms with Crippen LogP contribution in [0.15, 0.2) is 28.2 Å². The van der Waals surface area contributed by atoms with Gasteiger partial charge >= 0.3 is 0 Å². The van der Waals surface area contributed by atoms with Gasteiger partial charge < -0.3 is 11.5 Å². The van der Waals surface area contributed by atoms with Crippen LogP contribution in [0.1, 0.15) is 37.7 Å². The monoisotopic (exact) mass is 394 g/mol. The van der Waals surface area contributed by atoms with Gasteiger partial charge in [0.05, 0.1) is 16.2 Å². The van der Waals surface area contributed by atoms with E-state index < -0.39 is 5.66 Å². The van der Waals surface area contributed by atoms with Gasteiger partial charge in [0.15, 0.2) is 0 Å². The van der Waals surface area contributed by atoms with Crippen LogP contribution in [0.4, 0.5) is 11.4 Å². The van der Waals surface area contributed by atoms with Crippen molar-refractivity contribution in [3.05, 3.63) is 33.9 Å². The molecule has 2 aliphatic rings. The van der Waals surface area contributed by atoms with Crippen LogP contribution in [0, 0.1) is 10.1 Å². The third-order valence-electron chi connectivity index (χ3n) is 4.55. The molecule has 3 rings (SSSR count). The van der Waals surface area contributed by atoms with E-state index in [0.29, 0.717) is 16.6 Å². The quantitative estimate of drug-likeness (QED) is 0.463. The summed E-state index contributed by atoms with van der Waals surface area (Å²) in [6, 6.07) is 4.97. The molecule has 0 amide bonds. The number of halogens is 1. The number of hydrogen-bond acceptors (Lipinski definition) is 7. The molecule has 0 unspecified atom stereocenters. The SMILES string of the molecule is NC1=NC2(CCCCC2)N(c2cccc([N+](=O)[O-])c2CBr)C(N)=N1. The van der Waals surface area contributed by atoms with Crippen LogP contribution >= 0.6 is 15.9 Å². The van der Waals surface area contributed by atoms with E-state index in [1.807, 2.05) is 11.0 Å². The largest absolute Gasteiger partial charge is 0.369 e. The summed E-state index contributed by atoms with van der Waals surface area (Å²) in [6.07, 6.45) is 4.70. The fraction of sp³-hybridized carbons (Fsp3) is 0.467. The standard InChI is InChI=1S/C15H19BrN6O2/c16-9-10-11(5-4-6-12(10)22(23)24)21-14(18)19-13(17)20-15(21)7-2-1-3-8-15/h4-6H,1-3,7-9H2,(H4,17,18,19,20). The Morgan fingerprint density at radius 2 is 2.00 bits per heavy atom. The van der Waals surface area contributed by atoms with Crippen LogP contribution in [-0.4, -0.2) is 22.5 Å². The van der Waals surface area contributed by atoms with Crippen LogP contribution < -0.4 is 16.4 Å². The van der Waals surface area contributed by atoms with Gasteiger partial charge in [-0.15, -0.1) is 0 Å². The molecule has 24 heavy (non-hydrogen) atoms. The molecule has 1 saturated carbocycles. The minimum absolute atomic E-state index is 0.0469. The number of rotatable bonds is 3. The molecule has 1 spiro atoms. The zero-order valence-electron chi connectivity index (χ0n) is 13.1. The first kappa shape index (κ1) is 16.7. The lowest BCUT2D eigenvalue weighted by Gasteiger charge is -2.46. The summed E-state index contributed by atoms with van der Waals surface area (Å²) in [7, 11) is 0. The van der Waals surface area contributed by atoms with E-state index >= 15 is 0 Å². The number of hydrogen-bond donors (Lipinski definition) is 2. The van der Waals surface area contributed by atoms with E-state index in [1.165, 1.54) is 6.07 Å². The van der Waals surface area contributed by atoms with E-state index in [4.69, 9.17) is 11.5 Å². The van der Waals surface area contributed by atoms with Crippen LogP contribution in [0.5, 0.6) is 0 Å². The second-order valence-corrected chi connectivity index (χ2v) is 6.54. The number of alkyl halides is 1. The molecule has 128 valence electrons. The van der Waals surface area contributed by atoms with Crippen molar-refractivity contribution in [2.75, 3.05) is 4.90 Å². The van der Waals surface area contributed by atoms with Gasteiger partial charge in [0.25, 0.3) is 5.69 Å². The van der Waals surface area contributed by atoms with Crippen LogP contribution in [0.2, 0.25) is 0 Å². The Labute approximate surface area is 147 Å². The summed E-state index contributed by atoms with van der Waals surface area (Å²) in [5, 5.41) is 11.7. The molecule has 4 N–H and O–H groups in total. The highest BCUT2D eigenvalue weighted by Crippen LogP contribution is 2.42. The summed E-state index contributed by atoms with van der Waals surface area (Å²) in [5.74, 6) is 0.392. The van der Waals surface area contributed by atoms with Gasteiger partial charge in [-0.3, -0.25) is 15.0 Å². The number of nitrogens with two attached hydrogens (primary N) is 2. The van der Waals surface area contributed by atoms with Crippen molar-refractivity contribution in [2.45, 2.75) is 43.1 Å². The van der Waals surface area contributed by atoms with Gasteiger partial charge in [0.2, 0.25) is 11.9 Å². The molecule has 1 aliphatic carbocycles. The second-order valence-electron chi connectivity index (χ2n) is 5.98. The molecule has 1 aromatic carbocycles. The molecule has 1 fully saturated rings. The van der Waals surface area contributed by atoms with Gasteiger partial charge in [0.1, 0.15) is 5.66 Å². The molecule has 9 heteroatoms. The maximum Gasteiger partial charge on any atom is 0.275 e. The van der Waals surface area contributed by atoms with Crippen LogP contribution in [0.25, 0.3) is 0 Å². The van der Waals surface area contributed by atoms with E-state index in [9.17, 15) is 10.1 Å². The van der Waals surface area contributed by atoms with Gasteiger partial charge in [-0.05, 0) is 31.7 Å². The van der Waals surface area contributed by atoms with Gasteiger partial charge in [0, 0.05) is 11.4 Å². The first-order valence-corrected chi connectivity index (χ1v) is 8.92. The maximum absolute atomic E-state index is 11.4. The fourth-order valence-corrected chi connectivity index (χ4v) is 4.12. The smallest absolute Gasteiger partial charge is 0.275 e. The van der Waals surface area contributed by atoms with Crippen LogP contribution in [-0.2, 0) is 5.33 Å². The maximum atomic E-state index is 11.4. The van der Waals surface area contributed by atoms with Crippen molar-refractivity contribution in [2.24, 2.45) is 21.5 Å². The molecule has 1 aromatic rings. The number of nitro groups is 1. The zero-order valence-corrected chi connectivity index (χ0v) is 14.7. The third kappa shape index (κ3) is 2.72. The Morgan fingerprint density at radius 3 is 2.62 bits per heavy atom. The molecule has 0 saturated heterocycles. The fourth-order valence-electron chi connectivity index (χ4n) is 3.55. The molecule has 0 bridgehead atoms. The number of aliphatic imine (C=N–C) groups is 2. The van der Waals surface area contributed by atoms with Crippen molar-refractivity contribution in [3.63, 3.8) is 0 Å². The normalized spacial score (nSPS) is 19.8. The minimum atomic E-state index is -0.611.